The van der Waals surface area contributed by atoms with Crippen molar-refractivity contribution in [2.24, 2.45) is 0 Å². The van der Waals surface area contributed by atoms with Gasteiger partial charge in [-0.1, -0.05) is 0 Å². The standard InChI is InChI=1S/C9H13N3OS/c10-7-5-12(6-11-9(7)13)8-3-1-2-4-14-8/h5-6,8H,1-4,10H2. The monoisotopic (exact) mass is 211 g/mol. The maximum absolute atomic E-state index is 11.0. The normalized spacial score (nSPS) is 22.1. The number of rotatable bonds is 1. The van der Waals surface area contributed by atoms with E-state index in [-0.39, 0.29) is 11.2 Å². The predicted molar refractivity (Wildman–Crippen MR) is 58.3 cm³/mol. The Morgan fingerprint density at radius 3 is 3.07 bits per heavy atom. The van der Waals surface area contributed by atoms with E-state index in [0.29, 0.717) is 5.37 Å². The summed E-state index contributed by atoms with van der Waals surface area (Å²) in [5.41, 5.74) is 5.43. The molecule has 0 amide bonds. The Labute approximate surface area is 86.5 Å². The van der Waals surface area contributed by atoms with Crippen molar-refractivity contribution in [2.75, 3.05) is 11.5 Å². The molecule has 2 rings (SSSR count). The summed E-state index contributed by atoms with van der Waals surface area (Å²) in [5, 5.41) is 0.402. The second-order valence-electron chi connectivity index (χ2n) is 3.40. The molecular weight excluding hydrogens is 198 g/mol. The third-order valence-corrected chi connectivity index (χ3v) is 3.72. The number of anilines is 1. The molecule has 76 valence electrons. The van der Waals surface area contributed by atoms with Crippen molar-refractivity contribution in [2.45, 2.75) is 24.6 Å². The van der Waals surface area contributed by atoms with Crippen molar-refractivity contribution in [1.82, 2.24) is 9.55 Å². The molecule has 1 aromatic heterocycles. The molecule has 0 bridgehead atoms. The molecule has 0 saturated carbocycles. The number of nitrogens with zero attached hydrogens (tertiary/aromatic N) is 2. The van der Waals surface area contributed by atoms with E-state index >= 15 is 0 Å². The van der Waals surface area contributed by atoms with Crippen molar-refractivity contribution in [3.63, 3.8) is 0 Å². The van der Waals surface area contributed by atoms with Gasteiger partial charge in [-0.15, -0.1) is 11.8 Å². The molecule has 1 atom stereocenters. The van der Waals surface area contributed by atoms with Gasteiger partial charge in [-0.25, -0.2) is 0 Å². The van der Waals surface area contributed by atoms with Crippen LogP contribution in [0.2, 0.25) is 0 Å². The summed E-state index contributed by atoms with van der Waals surface area (Å²) in [5.74, 6) is 1.18. The van der Waals surface area contributed by atoms with Gasteiger partial charge in [0, 0.05) is 6.20 Å². The molecule has 1 aliphatic heterocycles. The Balaban J connectivity index is 2.22. The van der Waals surface area contributed by atoms with Crippen LogP contribution in [-0.4, -0.2) is 15.3 Å². The molecule has 0 radical (unpaired) electrons. The number of hydrogen-bond donors (Lipinski definition) is 1. The number of nitrogens with two attached hydrogens (primary N) is 1. The van der Waals surface area contributed by atoms with Gasteiger partial charge in [0.15, 0.2) is 0 Å². The highest BCUT2D eigenvalue weighted by Gasteiger charge is 2.15. The van der Waals surface area contributed by atoms with Crippen molar-refractivity contribution in [3.05, 3.63) is 22.9 Å². The van der Waals surface area contributed by atoms with Crippen LogP contribution in [0.4, 0.5) is 5.69 Å². The Morgan fingerprint density at radius 1 is 1.57 bits per heavy atom. The summed E-state index contributed by atoms with van der Waals surface area (Å²) in [6.07, 6.45) is 6.93. The van der Waals surface area contributed by atoms with Crippen LogP contribution in [0.25, 0.3) is 0 Å². The molecule has 1 aliphatic rings. The first kappa shape index (κ1) is 9.58. The van der Waals surface area contributed by atoms with Crippen LogP contribution in [-0.2, 0) is 0 Å². The van der Waals surface area contributed by atoms with E-state index in [1.807, 2.05) is 16.3 Å². The molecule has 1 aromatic rings. The summed E-state index contributed by atoms with van der Waals surface area (Å²) in [6, 6.07) is 0. The van der Waals surface area contributed by atoms with E-state index in [4.69, 9.17) is 5.73 Å². The zero-order chi connectivity index (χ0) is 9.97. The van der Waals surface area contributed by atoms with Gasteiger partial charge in [-0.05, 0) is 25.0 Å². The lowest BCUT2D eigenvalue weighted by atomic mass is 10.2. The largest absolute Gasteiger partial charge is 0.393 e. The lowest BCUT2D eigenvalue weighted by Crippen LogP contribution is -2.18. The summed E-state index contributed by atoms with van der Waals surface area (Å²) in [7, 11) is 0. The minimum Gasteiger partial charge on any atom is -0.393 e. The third kappa shape index (κ3) is 1.92. The quantitative estimate of drug-likeness (QED) is 0.759. The molecule has 0 aromatic carbocycles. The summed E-state index contributed by atoms with van der Waals surface area (Å²) in [6.45, 7) is 0. The topological polar surface area (TPSA) is 60.9 Å². The maximum Gasteiger partial charge on any atom is 0.295 e. The molecule has 1 fully saturated rings. The first-order chi connectivity index (χ1) is 6.77. The van der Waals surface area contributed by atoms with E-state index < -0.39 is 0 Å². The SMILES string of the molecule is Nc1cn(C2CCCCS2)cnc1=O. The van der Waals surface area contributed by atoms with Crippen molar-refractivity contribution >= 4 is 17.4 Å². The molecule has 4 nitrogen and oxygen atoms in total. The summed E-state index contributed by atoms with van der Waals surface area (Å²) in [4.78, 5) is 14.7. The Morgan fingerprint density at radius 2 is 2.43 bits per heavy atom. The van der Waals surface area contributed by atoms with Gasteiger partial charge in [-0.2, -0.15) is 4.98 Å². The number of aromatic nitrogens is 2. The molecule has 0 aliphatic carbocycles. The lowest BCUT2D eigenvalue weighted by molar-refractivity contribution is 0.560. The first-order valence-electron chi connectivity index (χ1n) is 4.72. The van der Waals surface area contributed by atoms with Crippen molar-refractivity contribution in [1.29, 1.82) is 0 Å². The fourth-order valence-corrected chi connectivity index (χ4v) is 2.82. The predicted octanol–water partition coefficient (Wildman–Crippen LogP) is 1.24. The van der Waals surface area contributed by atoms with Gasteiger partial charge in [-0.3, -0.25) is 4.79 Å². The van der Waals surface area contributed by atoms with Gasteiger partial charge < -0.3 is 10.3 Å². The highest BCUT2D eigenvalue weighted by molar-refractivity contribution is 7.99. The average molecular weight is 211 g/mol. The van der Waals surface area contributed by atoms with Crippen molar-refractivity contribution in [3.8, 4) is 0 Å². The van der Waals surface area contributed by atoms with Crippen LogP contribution in [0.1, 0.15) is 24.6 Å². The molecule has 2 N–H and O–H groups in total. The van der Waals surface area contributed by atoms with Gasteiger partial charge in [0.1, 0.15) is 5.69 Å². The molecule has 2 heterocycles. The fourth-order valence-electron chi connectivity index (χ4n) is 1.56. The Bertz CT molecular complexity index is 371. The molecule has 0 spiro atoms. The summed E-state index contributed by atoms with van der Waals surface area (Å²) < 4.78 is 1.94. The molecule has 1 unspecified atom stereocenters. The Kier molecular flexibility index (Phi) is 2.77. The first-order valence-corrected chi connectivity index (χ1v) is 5.77. The van der Waals surface area contributed by atoms with E-state index in [1.165, 1.54) is 18.6 Å². The van der Waals surface area contributed by atoms with Crippen LogP contribution in [0.5, 0.6) is 0 Å². The van der Waals surface area contributed by atoms with E-state index in [9.17, 15) is 4.79 Å². The highest BCUT2D eigenvalue weighted by Crippen LogP contribution is 2.33. The van der Waals surface area contributed by atoms with Crippen molar-refractivity contribution < 1.29 is 0 Å². The highest BCUT2D eigenvalue weighted by atomic mass is 32.2. The van der Waals surface area contributed by atoms with Crippen LogP contribution < -0.4 is 11.3 Å². The zero-order valence-electron chi connectivity index (χ0n) is 7.85. The maximum atomic E-state index is 11.0. The van der Waals surface area contributed by atoms with Gasteiger partial charge in [0.2, 0.25) is 0 Å². The van der Waals surface area contributed by atoms with Gasteiger partial charge in [0.25, 0.3) is 5.56 Å². The second-order valence-corrected chi connectivity index (χ2v) is 4.69. The van der Waals surface area contributed by atoms with Crippen LogP contribution in [0.15, 0.2) is 17.3 Å². The Hall–Kier alpha value is -0.970. The smallest absolute Gasteiger partial charge is 0.295 e. The molecule has 5 heteroatoms. The minimum atomic E-state index is -0.331. The molecule has 1 saturated heterocycles. The molecular formula is C9H13N3OS. The van der Waals surface area contributed by atoms with Crippen LogP contribution in [0, 0.1) is 0 Å². The molecule has 14 heavy (non-hydrogen) atoms. The van der Waals surface area contributed by atoms with Crippen LogP contribution >= 0.6 is 11.8 Å². The third-order valence-electron chi connectivity index (χ3n) is 2.33. The fraction of sp³-hybridized carbons (Fsp3) is 0.556. The van der Waals surface area contributed by atoms with E-state index in [1.54, 1.807) is 12.5 Å². The number of nitrogen functional groups attached to an aromatic ring is 1. The second kappa shape index (κ2) is 4.04. The number of thioether (sulfide) groups is 1. The lowest BCUT2D eigenvalue weighted by Gasteiger charge is -2.23. The zero-order valence-corrected chi connectivity index (χ0v) is 8.67. The summed E-state index contributed by atoms with van der Waals surface area (Å²) >= 11 is 1.90. The number of hydrogen-bond acceptors (Lipinski definition) is 4. The average Bonchev–Trinajstić information content (AvgIpc) is 2.23. The minimum absolute atomic E-state index is 0.235. The van der Waals surface area contributed by atoms with Gasteiger partial charge in [0.05, 0.1) is 11.7 Å². The van der Waals surface area contributed by atoms with Gasteiger partial charge >= 0.3 is 0 Å². The van der Waals surface area contributed by atoms with Crippen LogP contribution in [0.3, 0.4) is 0 Å². The van der Waals surface area contributed by atoms with E-state index in [2.05, 4.69) is 4.98 Å². The van der Waals surface area contributed by atoms with E-state index in [0.717, 1.165) is 6.42 Å².